The van der Waals surface area contributed by atoms with E-state index in [2.05, 4.69) is 31.4 Å². The maximum absolute atomic E-state index is 11.7. The fraction of sp³-hybridized carbons (Fsp3) is 0.933. The quantitative estimate of drug-likeness (QED) is 0.536. The second-order valence-corrected chi connectivity index (χ2v) is 5.47. The minimum Gasteiger partial charge on any atom is -0.381 e. The first-order chi connectivity index (χ1) is 9.07. The molecule has 0 aromatic rings. The van der Waals surface area contributed by atoms with Crippen LogP contribution in [0.1, 0.15) is 53.4 Å². The molecule has 19 heavy (non-hydrogen) atoms. The Balaban J connectivity index is 3.41. The van der Waals surface area contributed by atoms with Crippen molar-refractivity contribution in [1.82, 2.24) is 10.6 Å². The summed E-state index contributed by atoms with van der Waals surface area (Å²) in [7, 11) is 0. The zero-order chi connectivity index (χ0) is 14.5. The lowest BCUT2D eigenvalue weighted by Crippen LogP contribution is -2.43. The average molecular weight is 272 g/mol. The minimum absolute atomic E-state index is 0.0903. The fourth-order valence-electron chi connectivity index (χ4n) is 1.57. The van der Waals surface area contributed by atoms with E-state index in [1.54, 1.807) is 0 Å². The SMILES string of the molecule is CCCCOCCCNC(C)C(=O)NCCC(C)C. The lowest BCUT2D eigenvalue weighted by Gasteiger charge is -2.14. The zero-order valence-corrected chi connectivity index (χ0v) is 13.1. The van der Waals surface area contributed by atoms with Gasteiger partial charge in [-0.25, -0.2) is 0 Å². The molecule has 0 heterocycles. The van der Waals surface area contributed by atoms with Gasteiger partial charge in [0.15, 0.2) is 0 Å². The smallest absolute Gasteiger partial charge is 0.236 e. The van der Waals surface area contributed by atoms with Crippen LogP contribution in [0.15, 0.2) is 0 Å². The summed E-state index contributed by atoms with van der Waals surface area (Å²) in [5.41, 5.74) is 0. The Kier molecular flexibility index (Phi) is 12.0. The van der Waals surface area contributed by atoms with Crippen LogP contribution in [-0.2, 0) is 9.53 Å². The molecule has 0 rings (SSSR count). The van der Waals surface area contributed by atoms with Gasteiger partial charge in [0.1, 0.15) is 0 Å². The van der Waals surface area contributed by atoms with Crippen molar-refractivity contribution in [3.8, 4) is 0 Å². The lowest BCUT2D eigenvalue weighted by atomic mass is 10.1. The molecule has 4 heteroatoms. The molecule has 1 atom stereocenters. The van der Waals surface area contributed by atoms with Gasteiger partial charge in [-0.15, -0.1) is 0 Å². The summed E-state index contributed by atoms with van der Waals surface area (Å²) in [6.45, 7) is 11.6. The van der Waals surface area contributed by atoms with Gasteiger partial charge in [-0.2, -0.15) is 0 Å². The molecule has 0 radical (unpaired) electrons. The van der Waals surface area contributed by atoms with Crippen molar-refractivity contribution < 1.29 is 9.53 Å². The van der Waals surface area contributed by atoms with Crippen molar-refractivity contribution in [2.24, 2.45) is 5.92 Å². The summed E-state index contributed by atoms with van der Waals surface area (Å²) in [5.74, 6) is 0.719. The van der Waals surface area contributed by atoms with E-state index in [9.17, 15) is 4.79 Å². The fourth-order valence-corrected chi connectivity index (χ4v) is 1.57. The third-order valence-corrected chi connectivity index (χ3v) is 2.97. The van der Waals surface area contributed by atoms with Crippen LogP contribution in [0.2, 0.25) is 0 Å². The van der Waals surface area contributed by atoms with Crippen molar-refractivity contribution in [3.05, 3.63) is 0 Å². The van der Waals surface area contributed by atoms with Crippen molar-refractivity contribution in [2.75, 3.05) is 26.3 Å². The molecular weight excluding hydrogens is 240 g/mol. The Labute approximate surface area is 118 Å². The topological polar surface area (TPSA) is 50.4 Å². The molecule has 0 aliphatic heterocycles. The van der Waals surface area contributed by atoms with Gasteiger partial charge >= 0.3 is 0 Å². The highest BCUT2D eigenvalue weighted by atomic mass is 16.5. The second-order valence-electron chi connectivity index (χ2n) is 5.47. The monoisotopic (exact) mass is 272 g/mol. The van der Waals surface area contributed by atoms with Crippen LogP contribution in [0.5, 0.6) is 0 Å². The first-order valence-corrected chi connectivity index (χ1v) is 7.66. The van der Waals surface area contributed by atoms with Crippen molar-refractivity contribution in [2.45, 2.75) is 59.4 Å². The van der Waals surface area contributed by atoms with Gasteiger partial charge in [0, 0.05) is 19.8 Å². The van der Waals surface area contributed by atoms with Crippen LogP contribution in [0.3, 0.4) is 0 Å². The largest absolute Gasteiger partial charge is 0.381 e. The summed E-state index contributed by atoms with van der Waals surface area (Å²) >= 11 is 0. The highest BCUT2D eigenvalue weighted by Gasteiger charge is 2.10. The number of unbranched alkanes of at least 4 members (excludes halogenated alkanes) is 1. The van der Waals surface area contributed by atoms with E-state index in [0.717, 1.165) is 45.6 Å². The number of carbonyl (C=O) groups is 1. The Morgan fingerprint density at radius 1 is 1.11 bits per heavy atom. The zero-order valence-electron chi connectivity index (χ0n) is 13.1. The van der Waals surface area contributed by atoms with Crippen LogP contribution in [-0.4, -0.2) is 38.3 Å². The Hall–Kier alpha value is -0.610. The summed E-state index contributed by atoms with van der Waals surface area (Å²) < 4.78 is 5.47. The summed E-state index contributed by atoms with van der Waals surface area (Å²) in [6, 6.07) is -0.122. The van der Waals surface area contributed by atoms with Gasteiger partial charge in [-0.05, 0) is 38.6 Å². The standard InChI is InChI=1S/C15H32N2O2/c1-5-6-11-19-12-7-9-16-14(4)15(18)17-10-8-13(2)3/h13-14,16H,5-12H2,1-4H3,(H,17,18). The number of nitrogens with one attached hydrogen (secondary N) is 2. The van der Waals surface area contributed by atoms with E-state index >= 15 is 0 Å². The van der Waals surface area contributed by atoms with Crippen molar-refractivity contribution in [1.29, 1.82) is 0 Å². The molecule has 0 aromatic carbocycles. The highest BCUT2D eigenvalue weighted by molar-refractivity contribution is 5.81. The summed E-state index contributed by atoms with van der Waals surface area (Å²) in [4.78, 5) is 11.7. The Morgan fingerprint density at radius 2 is 1.79 bits per heavy atom. The predicted octanol–water partition coefficient (Wildman–Crippen LogP) is 2.33. The molecule has 0 fully saturated rings. The Morgan fingerprint density at radius 3 is 2.42 bits per heavy atom. The van der Waals surface area contributed by atoms with E-state index in [4.69, 9.17) is 4.74 Å². The highest BCUT2D eigenvalue weighted by Crippen LogP contribution is 1.96. The first-order valence-electron chi connectivity index (χ1n) is 7.66. The molecule has 0 spiro atoms. The number of carbonyl (C=O) groups excluding carboxylic acids is 1. The number of hydrogen-bond donors (Lipinski definition) is 2. The second kappa shape index (κ2) is 12.4. The molecule has 0 saturated carbocycles. The Bertz CT molecular complexity index is 220. The molecular formula is C15H32N2O2. The van der Waals surface area contributed by atoms with Crippen molar-refractivity contribution >= 4 is 5.91 Å². The van der Waals surface area contributed by atoms with E-state index < -0.39 is 0 Å². The third-order valence-electron chi connectivity index (χ3n) is 2.97. The average Bonchev–Trinajstić information content (AvgIpc) is 2.36. The van der Waals surface area contributed by atoms with E-state index in [1.807, 2.05) is 6.92 Å². The molecule has 0 aliphatic carbocycles. The van der Waals surface area contributed by atoms with E-state index in [1.165, 1.54) is 6.42 Å². The molecule has 4 nitrogen and oxygen atoms in total. The van der Waals surface area contributed by atoms with Crippen LogP contribution in [0.25, 0.3) is 0 Å². The molecule has 114 valence electrons. The van der Waals surface area contributed by atoms with Gasteiger partial charge < -0.3 is 15.4 Å². The molecule has 0 bridgehead atoms. The van der Waals surface area contributed by atoms with Crippen LogP contribution < -0.4 is 10.6 Å². The van der Waals surface area contributed by atoms with Gasteiger partial charge in [-0.3, -0.25) is 4.79 Å². The van der Waals surface area contributed by atoms with E-state index in [-0.39, 0.29) is 11.9 Å². The number of ether oxygens (including phenoxy) is 1. The number of hydrogen-bond acceptors (Lipinski definition) is 3. The summed E-state index contributed by atoms with van der Waals surface area (Å²) in [6.07, 6.45) is 4.28. The maximum atomic E-state index is 11.7. The van der Waals surface area contributed by atoms with Gasteiger partial charge in [0.05, 0.1) is 6.04 Å². The molecule has 1 unspecified atom stereocenters. The van der Waals surface area contributed by atoms with Gasteiger partial charge in [-0.1, -0.05) is 27.2 Å². The van der Waals surface area contributed by atoms with Crippen LogP contribution in [0, 0.1) is 5.92 Å². The molecule has 0 aliphatic rings. The summed E-state index contributed by atoms with van der Waals surface area (Å²) in [5, 5.41) is 6.17. The van der Waals surface area contributed by atoms with E-state index in [0.29, 0.717) is 5.92 Å². The molecule has 1 amide bonds. The molecule has 0 saturated heterocycles. The van der Waals surface area contributed by atoms with Gasteiger partial charge in [0.25, 0.3) is 0 Å². The molecule has 2 N–H and O–H groups in total. The normalized spacial score (nSPS) is 12.7. The van der Waals surface area contributed by atoms with Gasteiger partial charge in [0.2, 0.25) is 5.91 Å². The third kappa shape index (κ3) is 12.2. The first kappa shape index (κ1) is 18.4. The van der Waals surface area contributed by atoms with Crippen LogP contribution in [0.4, 0.5) is 0 Å². The van der Waals surface area contributed by atoms with Crippen LogP contribution >= 0.6 is 0 Å². The molecule has 0 aromatic heterocycles. The lowest BCUT2D eigenvalue weighted by molar-refractivity contribution is -0.122. The van der Waals surface area contributed by atoms with Crippen molar-refractivity contribution in [3.63, 3.8) is 0 Å². The number of rotatable bonds is 12. The predicted molar refractivity (Wildman–Crippen MR) is 80.3 cm³/mol. The minimum atomic E-state index is -0.122. The maximum Gasteiger partial charge on any atom is 0.236 e. The number of amides is 1.